The molecule has 2 unspecified atom stereocenters. The van der Waals surface area contributed by atoms with Gasteiger partial charge < -0.3 is 10.4 Å². The molecule has 2 atom stereocenters. The summed E-state index contributed by atoms with van der Waals surface area (Å²) in [5.41, 5.74) is 0.866. The van der Waals surface area contributed by atoms with Crippen LogP contribution in [0.25, 0.3) is 0 Å². The fourth-order valence-electron chi connectivity index (χ4n) is 2.03. The molecule has 2 N–H and O–H groups in total. The number of anilines is 1. The molecule has 0 bridgehead atoms. The molecule has 0 saturated heterocycles. The third-order valence-corrected chi connectivity index (χ3v) is 4.93. The zero-order valence-electron chi connectivity index (χ0n) is 10.4. The Morgan fingerprint density at radius 2 is 2.16 bits per heavy atom. The zero-order valence-corrected chi connectivity index (χ0v) is 12.0. The van der Waals surface area contributed by atoms with E-state index in [-0.39, 0.29) is 11.8 Å². The molecule has 98 valence electrons. The first-order valence-electron chi connectivity index (χ1n) is 6.06. The fourth-order valence-corrected chi connectivity index (χ4v) is 4.02. The van der Waals surface area contributed by atoms with E-state index in [2.05, 4.69) is 29.8 Å². The minimum atomic E-state index is 0.227. The second kappa shape index (κ2) is 5.27. The Kier molecular flexibility index (Phi) is 3.48. The van der Waals surface area contributed by atoms with Gasteiger partial charge in [0.1, 0.15) is 5.75 Å². The first-order valence-corrected chi connectivity index (χ1v) is 7.82. The quantitative estimate of drug-likeness (QED) is 0.875. The minimum Gasteiger partial charge on any atom is -0.508 e. The lowest BCUT2D eigenvalue weighted by molar-refractivity contribution is 0.475. The van der Waals surface area contributed by atoms with Gasteiger partial charge >= 0.3 is 0 Å². The molecule has 3 nitrogen and oxygen atoms in total. The predicted octanol–water partition coefficient (Wildman–Crippen LogP) is 4.10. The number of amidine groups is 1. The van der Waals surface area contributed by atoms with Gasteiger partial charge in [0, 0.05) is 21.9 Å². The Morgan fingerprint density at radius 1 is 1.26 bits per heavy atom. The third kappa shape index (κ3) is 2.77. The molecule has 3 rings (SSSR count). The van der Waals surface area contributed by atoms with Gasteiger partial charge in [-0.25, -0.2) is 0 Å². The number of rotatable bonds is 2. The van der Waals surface area contributed by atoms with Crippen LogP contribution in [0, 0.1) is 0 Å². The Labute approximate surface area is 120 Å². The van der Waals surface area contributed by atoms with E-state index in [9.17, 15) is 5.11 Å². The molecule has 2 aromatic rings. The average molecular weight is 290 g/mol. The van der Waals surface area contributed by atoms with Crippen LogP contribution in [0.15, 0.2) is 46.8 Å². The van der Waals surface area contributed by atoms with E-state index in [1.807, 2.05) is 12.1 Å². The summed E-state index contributed by atoms with van der Waals surface area (Å²) < 4.78 is 0. The summed E-state index contributed by atoms with van der Waals surface area (Å²) in [6.07, 6.45) is 0. The fraction of sp³-hybridized carbons (Fsp3) is 0.214. The lowest BCUT2D eigenvalue weighted by Crippen LogP contribution is -2.05. The topological polar surface area (TPSA) is 44.6 Å². The lowest BCUT2D eigenvalue weighted by atomic mass is 10.2. The summed E-state index contributed by atoms with van der Waals surface area (Å²) in [4.78, 5) is 6.03. The van der Waals surface area contributed by atoms with E-state index in [1.165, 1.54) is 4.88 Å². The third-order valence-electron chi connectivity index (χ3n) is 2.93. The molecule has 0 aliphatic carbocycles. The molecule has 1 aliphatic rings. The molecule has 1 aromatic carbocycles. The van der Waals surface area contributed by atoms with Crippen LogP contribution in [-0.4, -0.2) is 15.5 Å². The van der Waals surface area contributed by atoms with Gasteiger partial charge in [0.25, 0.3) is 0 Å². The minimum absolute atomic E-state index is 0.227. The van der Waals surface area contributed by atoms with Crippen LogP contribution in [0.5, 0.6) is 5.75 Å². The number of thioether (sulfide) groups is 1. The van der Waals surface area contributed by atoms with E-state index in [0.29, 0.717) is 5.25 Å². The van der Waals surface area contributed by atoms with Gasteiger partial charge in [0.15, 0.2) is 5.17 Å². The Balaban J connectivity index is 1.78. The summed E-state index contributed by atoms with van der Waals surface area (Å²) in [5, 5.41) is 16.1. The van der Waals surface area contributed by atoms with Crippen molar-refractivity contribution in [1.29, 1.82) is 0 Å². The molecule has 0 saturated carbocycles. The highest BCUT2D eigenvalue weighted by molar-refractivity contribution is 8.15. The smallest absolute Gasteiger partial charge is 0.162 e. The second-order valence-electron chi connectivity index (χ2n) is 4.39. The second-order valence-corrected chi connectivity index (χ2v) is 6.74. The summed E-state index contributed by atoms with van der Waals surface area (Å²) in [6, 6.07) is 11.5. The number of phenolic OH excluding ortho intramolecular Hbond substituents is 1. The molecule has 1 aromatic heterocycles. The Bertz CT molecular complexity index is 595. The number of hydrogen-bond acceptors (Lipinski definition) is 5. The number of aromatic hydroxyl groups is 1. The number of aliphatic imine (C=N–C) groups is 1. The summed E-state index contributed by atoms with van der Waals surface area (Å²) in [5.74, 6) is 0.261. The van der Waals surface area contributed by atoms with E-state index in [4.69, 9.17) is 4.99 Å². The highest BCUT2D eigenvalue weighted by Crippen LogP contribution is 2.39. The number of phenols is 1. The summed E-state index contributed by atoms with van der Waals surface area (Å²) >= 11 is 3.48. The largest absolute Gasteiger partial charge is 0.508 e. The molecule has 0 radical (unpaired) electrons. The van der Waals surface area contributed by atoms with Crippen molar-refractivity contribution >= 4 is 34.0 Å². The molecular formula is C14H14N2OS2. The van der Waals surface area contributed by atoms with Gasteiger partial charge in [-0.2, -0.15) is 0 Å². The van der Waals surface area contributed by atoms with Crippen LogP contribution < -0.4 is 5.32 Å². The van der Waals surface area contributed by atoms with Crippen molar-refractivity contribution in [2.45, 2.75) is 18.2 Å². The first kappa shape index (κ1) is 12.6. The Morgan fingerprint density at radius 3 is 2.89 bits per heavy atom. The highest BCUT2D eigenvalue weighted by atomic mass is 32.2. The molecule has 0 spiro atoms. The van der Waals surface area contributed by atoms with Crippen molar-refractivity contribution in [1.82, 2.24) is 0 Å². The van der Waals surface area contributed by atoms with E-state index in [0.717, 1.165) is 10.9 Å². The number of thiophene rings is 1. The van der Waals surface area contributed by atoms with E-state index < -0.39 is 0 Å². The van der Waals surface area contributed by atoms with Gasteiger partial charge in [-0.05, 0) is 23.6 Å². The molecule has 2 heterocycles. The van der Waals surface area contributed by atoms with Crippen molar-refractivity contribution in [3.8, 4) is 5.75 Å². The SMILES string of the molecule is CC1SC(Nc2cccc(O)c2)=NC1c1cccs1. The molecule has 1 aliphatic heterocycles. The standard InChI is InChI=1S/C14H14N2OS2/c1-9-13(12-6-3-7-18-12)16-14(19-9)15-10-4-2-5-11(17)8-10/h2-9,13,17H,1H3,(H,15,16). The molecule has 0 fully saturated rings. The van der Waals surface area contributed by atoms with Crippen LogP contribution >= 0.6 is 23.1 Å². The van der Waals surface area contributed by atoms with E-state index in [1.54, 1.807) is 35.2 Å². The van der Waals surface area contributed by atoms with Crippen molar-refractivity contribution in [3.63, 3.8) is 0 Å². The maximum absolute atomic E-state index is 9.46. The van der Waals surface area contributed by atoms with Crippen LogP contribution in [-0.2, 0) is 0 Å². The number of nitrogens with zero attached hydrogens (tertiary/aromatic N) is 1. The lowest BCUT2D eigenvalue weighted by Gasteiger charge is -2.08. The van der Waals surface area contributed by atoms with Gasteiger partial charge in [0.05, 0.1) is 6.04 Å². The molecular weight excluding hydrogens is 276 g/mol. The van der Waals surface area contributed by atoms with Gasteiger partial charge in [-0.1, -0.05) is 30.8 Å². The van der Waals surface area contributed by atoms with Crippen LogP contribution in [0.3, 0.4) is 0 Å². The van der Waals surface area contributed by atoms with Crippen molar-refractivity contribution < 1.29 is 5.11 Å². The predicted molar refractivity (Wildman–Crippen MR) is 83.3 cm³/mol. The summed E-state index contributed by atoms with van der Waals surface area (Å²) in [7, 11) is 0. The van der Waals surface area contributed by atoms with Crippen molar-refractivity contribution in [2.75, 3.05) is 5.32 Å². The van der Waals surface area contributed by atoms with Crippen LogP contribution in [0.2, 0.25) is 0 Å². The molecule has 5 heteroatoms. The Hall–Kier alpha value is -1.46. The average Bonchev–Trinajstić information content (AvgIpc) is 2.98. The normalized spacial score (nSPS) is 22.3. The molecule has 0 amide bonds. The van der Waals surface area contributed by atoms with Crippen LogP contribution in [0.4, 0.5) is 5.69 Å². The maximum Gasteiger partial charge on any atom is 0.162 e. The number of nitrogens with one attached hydrogen (secondary N) is 1. The summed E-state index contributed by atoms with van der Waals surface area (Å²) in [6.45, 7) is 2.19. The number of benzene rings is 1. The van der Waals surface area contributed by atoms with Crippen molar-refractivity contribution in [3.05, 3.63) is 46.7 Å². The first-order chi connectivity index (χ1) is 9.22. The van der Waals surface area contributed by atoms with Gasteiger partial charge in [-0.3, -0.25) is 4.99 Å². The van der Waals surface area contributed by atoms with Crippen LogP contribution in [0.1, 0.15) is 17.8 Å². The van der Waals surface area contributed by atoms with Crippen molar-refractivity contribution in [2.24, 2.45) is 4.99 Å². The number of hydrogen-bond donors (Lipinski definition) is 2. The van der Waals surface area contributed by atoms with Gasteiger partial charge in [-0.15, -0.1) is 11.3 Å². The monoisotopic (exact) mass is 290 g/mol. The maximum atomic E-state index is 9.46. The highest BCUT2D eigenvalue weighted by Gasteiger charge is 2.28. The zero-order chi connectivity index (χ0) is 13.2. The molecule has 19 heavy (non-hydrogen) atoms. The van der Waals surface area contributed by atoms with Gasteiger partial charge in [0.2, 0.25) is 0 Å². The van der Waals surface area contributed by atoms with E-state index >= 15 is 0 Å².